The molecule has 4 aromatic rings. The van der Waals surface area contributed by atoms with Crippen LogP contribution in [0.15, 0.2) is 54.6 Å². The van der Waals surface area contributed by atoms with Crippen molar-refractivity contribution in [1.29, 1.82) is 0 Å². The van der Waals surface area contributed by atoms with E-state index in [1.54, 1.807) is 24.3 Å². The molecule has 130 valence electrons. The van der Waals surface area contributed by atoms with E-state index in [2.05, 4.69) is 4.57 Å². The number of benzene rings is 3. The number of fused-ring (bicyclic) bond motifs is 3. The van der Waals surface area contributed by atoms with Gasteiger partial charge in [-0.3, -0.25) is 4.79 Å². The van der Waals surface area contributed by atoms with Crippen molar-refractivity contribution in [2.45, 2.75) is 6.54 Å². The number of primary amides is 1. The van der Waals surface area contributed by atoms with E-state index >= 15 is 0 Å². The minimum absolute atomic E-state index is 0.467. The Morgan fingerprint density at radius 3 is 2.42 bits per heavy atom. The van der Waals surface area contributed by atoms with E-state index in [1.807, 2.05) is 30.3 Å². The summed E-state index contributed by atoms with van der Waals surface area (Å²) in [7, 11) is 0. The maximum absolute atomic E-state index is 11.9. The van der Waals surface area contributed by atoms with Crippen LogP contribution in [0.2, 0.25) is 15.1 Å². The molecule has 4 rings (SSSR count). The molecule has 0 fully saturated rings. The predicted molar refractivity (Wildman–Crippen MR) is 109 cm³/mol. The molecule has 0 atom stereocenters. The number of nitrogens with zero attached hydrogens (tertiary/aromatic N) is 1. The average Bonchev–Trinajstić information content (AvgIpc) is 2.91. The van der Waals surface area contributed by atoms with Gasteiger partial charge in [-0.15, -0.1) is 0 Å². The Morgan fingerprint density at radius 1 is 0.923 bits per heavy atom. The Kier molecular flexibility index (Phi) is 4.31. The minimum Gasteiger partial charge on any atom is -0.366 e. The Hall–Kier alpha value is -2.20. The number of hydrogen-bond acceptors (Lipinski definition) is 1. The van der Waals surface area contributed by atoms with Gasteiger partial charge in [-0.2, -0.15) is 0 Å². The van der Waals surface area contributed by atoms with Gasteiger partial charge >= 0.3 is 0 Å². The highest BCUT2D eigenvalue weighted by atomic mass is 35.5. The van der Waals surface area contributed by atoms with Gasteiger partial charge in [0.05, 0.1) is 11.0 Å². The smallest absolute Gasteiger partial charge is 0.249 e. The molecular formula is C20H13Cl3N2O. The molecule has 1 amide bonds. The molecule has 0 spiro atoms. The summed E-state index contributed by atoms with van der Waals surface area (Å²) in [6.45, 7) is 0.488. The summed E-state index contributed by atoms with van der Waals surface area (Å²) in [6.07, 6.45) is 0. The van der Waals surface area contributed by atoms with Gasteiger partial charge < -0.3 is 10.3 Å². The van der Waals surface area contributed by atoms with Crippen LogP contribution in [0, 0.1) is 0 Å². The van der Waals surface area contributed by atoms with Gasteiger partial charge in [-0.1, -0.05) is 46.9 Å². The molecule has 0 aliphatic rings. The van der Waals surface area contributed by atoms with E-state index in [9.17, 15) is 4.79 Å². The molecule has 1 heterocycles. The van der Waals surface area contributed by atoms with E-state index < -0.39 is 5.91 Å². The minimum atomic E-state index is -0.467. The van der Waals surface area contributed by atoms with Crippen molar-refractivity contribution in [1.82, 2.24) is 4.57 Å². The second kappa shape index (κ2) is 6.51. The lowest BCUT2D eigenvalue weighted by Crippen LogP contribution is -2.11. The SMILES string of the molecule is NC(=O)c1cccc2c1c1ccc(Cl)cc1n2Cc1cc(Cl)ccc1Cl. The van der Waals surface area contributed by atoms with Gasteiger partial charge in [0.2, 0.25) is 5.91 Å². The van der Waals surface area contributed by atoms with Crippen LogP contribution in [-0.2, 0) is 6.54 Å². The quantitative estimate of drug-likeness (QED) is 0.455. The standard InChI is InChI=1S/C20H13Cl3N2O/c21-12-5-7-16(23)11(8-12)10-25-17-3-1-2-15(20(24)26)19(17)14-6-4-13(22)9-18(14)25/h1-9H,10H2,(H2,24,26). The lowest BCUT2D eigenvalue weighted by Gasteiger charge is -2.10. The van der Waals surface area contributed by atoms with Crippen LogP contribution < -0.4 is 5.73 Å². The molecular weight excluding hydrogens is 391 g/mol. The number of carbonyl (C=O) groups excluding carboxylic acids is 1. The summed E-state index contributed by atoms with van der Waals surface area (Å²) in [5.74, 6) is -0.467. The third-order valence-electron chi connectivity index (χ3n) is 4.45. The number of rotatable bonds is 3. The first kappa shape index (κ1) is 17.2. The van der Waals surface area contributed by atoms with E-state index in [4.69, 9.17) is 40.5 Å². The molecule has 0 saturated carbocycles. The molecule has 0 aliphatic carbocycles. The van der Waals surface area contributed by atoms with Crippen LogP contribution in [0.1, 0.15) is 15.9 Å². The fourth-order valence-corrected chi connectivity index (χ4v) is 3.87. The zero-order valence-corrected chi connectivity index (χ0v) is 15.7. The number of nitrogens with two attached hydrogens (primary N) is 1. The van der Waals surface area contributed by atoms with E-state index in [0.29, 0.717) is 27.2 Å². The van der Waals surface area contributed by atoms with Crippen molar-refractivity contribution in [3.05, 3.63) is 80.8 Å². The molecule has 0 saturated heterocycles. The first-order valence-electron chi connectivity index (χ1n) is 7.90. The number of halogens is 3. The molecule has 26 heavy (non-hydrogen) atoms. The average molecular weight is 404 g/mol. The summed E-state index contributed by atoms with van der Waals surface area (Å²) in [5.41, 5.74) is 8.73. The van der Waals surface area contributed by atoms with Gasteiger partial charge in [0.1, 0.15) is 0 Å². The van der Waals surface area contributed by atoms with Crippen LogP contribution >= 0.6 is 34.8 Å². The third-order valence-corrected chi connectivity index (χ3v) is 5.29. The highest BCUT2D eigenvalue weighted by Gasteiger charge is 2.17. The largest absolute Gasteiger partial charge is 0.366 e. The Bertz CT molecular complexity index is 1180. The predicted octanol–water partition coefficient (Wildman–Crippen LogP) is 5.90. The fraction of sp³-hybridized carbons (Fsp3) is 0.0500. The molecule has 6 heteroatoms. The highest BCUT2D eigenvalue weighted by Crippen LogP contribution is 2.34. The topological polar surface area (TPSA) is 48.0 Å². The van der Waals surface area contributed by atoms with Crippen molar-refractivity contribution in [3.63, 3.8) is 0 Å². The number of aromatic nitrogens is 1. The van der Waals surface area contributed by atoms with Crippen molar-refractivity contribution in [2.75, 3.05) is 0 Å². The Morgan fingerprint density at radius 2 is 1.65 bits per heavy atom. The Labute approximate surface area is 164 Å². The first-order valence-corrected chi connectivity index (χ1v) is 9.03. The van der Waals surface area contributed by atoms with Crippen molar-refractivity contribution in [3.8, 4) is 0 Å². The molecule has 2 N–H and O–H groups in total. The number of hydrogen-bond donors (Lipinski definition) is 1. The van der Waals surface area contributed by atoms with Gasteiger partial charge in [0, 0.05) is 37.9 Å². The number of amides is 1. The van der Waals surface area contributed by atoms with Crippen LogP contribution in [0.25, 0.3) is 21.8 Å². The molecule has 0 bridgehead atoms. The summed E-state index contributed by atoms with van der Waals surface area (Å²) >= 11 is 18.7. The van der Waals surface area contributed by atoms with Crippen molar-refractivity contribution >= 4 is 62.5 Å². The summed E-state index contributed by atoms with van der Waals surface area (Å²) in [5, 5.41) is 3.57. The van der Waals surface area contributed by atoms with E-state index in [1.165, 1.54) is 0 Å². The van der Waals surface area contributed by atoms with Gasteiger partial charge in [0.15, 0.2) is 0 Å². The van der Waals surface area contributed by atoms with Gasteiger partial charge in [-0.25, -0.2) is 0 Å². The zero-order chi connectivity index (χ0) is 18.4. The Balaban J connectivity index is 2.06. The van der Waals surface area contributed by atoms with Gasteiger partial charge in [-0.05, 0) is 48.0 Å². The van der Waals surface area contributed by atoms with Crippen LogP contribution in [0.4, 0.5) is 0 Å². The second-order valence-corrected chi connectivity index (χ2v) is 7.33. The van der Waals surface area contributed by atoms with E-state index in [-0.39, 0.29) is 0 Å². The van der Waals surface area contributed by atoms with Crippen LogP contribution in [0.5, 0.6) is 0 Å². The van der Waals surface area contributed by atoms with E-state index in [0.717, 1.165) is 27.4 Å². The monoisotopic (exact) mass is 402 g/mol. The summed E-state index contributed by atoms with van der Waals surface area (Å²) in [4.78, 5) is 11.9. The third kappa shape index (κ3) is 2.82. The molecule has 0 unspecified atom stereocenters. The van der Waals surface area contributed by atoms with Crippen molar-refractivity contribution in [2.24, 2.45) is 5.73 Å². The molecule has 0 aliphatic heterocycles. The lowest BCUT2D eigenvalue weighted by atomic mass is 10.1. The zero-order valence-electron chi connectivity index (χ0n) is 13.5. The molecule has 1 aromatic heterocycles. The molecule has 0 radical (unpaired) electrons. The lowest BCUT2D eigenvalue weighted by molar-refractivity contribution is 0.100. The van der Waals surface area contributed by atoms with Gasteiger partial charge in [0.25, 0.3) is 0 Å². The highest BCUT2D eigenvalue weighted by molar-refractivity contribution is 6.33. The van der Waals surface area contributed by atoms with Crippen molar-refractivity contribution < 1.29 is 4.79 Å². The normalized spacial score (nSPS) is 11.3. The maximum atomic E-state index is 11.9. The summed E-state index contributed by atoms with van der Waals surface area (Å²) < 4.78 is 2.07. The van der Waals surface area contributed by atoms with Crippen LogP contribution in [0.3, 0.4) is 0 Å². The number of carbonyl (C=O) groups is 1. The molecule has 3 aromatic carbocycles. The van der Waals surface area contributed by atoms with Crippen LogP contribution in [-0.4, -0.2) is 10.5 Å². The second-order valence-electron chi connectivity index (χ2n) is 6.05. The fourth-order valence-electron chi connectivity index (χ4n) is 3.33. The summed E-state index contributed by atoms with van der Waals surface area (Å²) in [6, 6.07) is 16.4. The first-order chi connectivity index (χ1) is 12.5. The maximum Gasteiger partial charge on any atom is 0.249 e. The molecule has 3 nitrogen and oxygen atoms in total.